The van der Waals surface area contributed by atoms with Gasteiger partial charge in [0.2, 0.25) is 5.91 Å². The van der Waals surface area contributed by atoms with Crippen molar-refractivity contribution in [2.24, 2.45) is 5.73 Å². The summed E-state index contributed by atoms with van der Waals surface area (Å²) < 4.78 is 0. The first-order valence-electron chi connectivity index (χ1n) is 9.27. The molecule has 4 nitrogen and oxygen atoms in total. The summed E-state index contributed by atoms with van der Waals surface area (Å²) in [5.41, 5.74) is 8.97. The highest BCUT2D eigenvalue weighted by molar-refractivity contribution is 5.94. The second kappa shape index (κ2) is 6.93. The van der Waals surface area contributed by atoms with E-state index in [9.17, 15) is 4.79 Å². The molecule has 0 unspecified atom stereocenters. The maximum atomic E-state index is 11.9. The van der Waals surface area contributed by atoms with Gasteiger partial charge < -0.3 is 11.1 Å². The second-order valence-corrected chi connectivity index (χ2v) is 7.43. The Labute approximate surface area is 154 Å². The van der Waals surface area contributed by atoms with Gasteiger partial charge in [0.05, 0.1) is 0 Å². The smallest absolute Gasteiger partial charge is 0.248 e. The molecule has 0 saturated heterocycles. The third kappa shape index (κ3) is 3.79. The summed E-state index contributed by atoms with van der Waals surface area (Å²) in [5, 5.41) is 3.80. The Morgan fingerprint density at radius 1 is 1.23 bits per heavy atom. The van der Waals surface area contributed by atoms with Gasteiger partial charge in [-0.25, -0.2) is 4.98 Å². The Balaban J connectivity index is 1.61. The van der Waals surface area contributed by atoms with Crippen LogP contribution in [0.5, 0.6) is 0 Å². The van der Waals surface area contributed by atoms with E-state index in [4.69, 9.17) is 5.73 Å². The van der Waals surface area contributed by atoms with Crippen molar-refractivity contribution in [1.29, 1.82) is 0 Å². The molecule has 2 aromatic rings. The predicted octanol–water partition coefficient (Wildman–Crippen LogP) is 2.80. The molecule has 0 aliphatic heterocycles. The fourth-order valence-electron chi connectivity index (χ4n) is 3.63. The van der Waals surface area contributed by atoms with E-state index in [0.717, 1.165) is 36.1 Å². The quantitative estimate of drug-likeness (QED) is 0.819. The lowest BCUT2D eigenvalue weighted by molar-refractivity contribution is 0.0998. The number of hydrogen-bond acceptors (Lipinski definition) is 3. The molecule has 1 aromatic heterocycles. The lowest BCUT2D eigenvalue weighted by Gasteiger charge is -2.43. The third-order valence-corrected chi connectivity index (χ3v) is 5.30. The Bertz CT molecular complexity index is 871. The number of hydrogen-bond donors (Lipinski definition) is 2. The van der Waals surface area contributed by atoms with Crippen LogP contribution in [0.2, 0.25) is 0 Å². The highest BCUT2D eigenvalue weighted by Gasteiger charge is 2.41. The largest absolute Gasteiger partial charge is 0.366 e. The normalized spacial score (nSPS) is 17.7. The van der Waals surface area contributed by atoms with Gasteiger partial charge in [-0.3, -0.25) is 4.79 Å². The summed E-state index contributed by atoms with van der Waals surface area (Å²) in [6.07, 6.45) is 8.65. The van der Waals surface area contributed by atoms with Crippen LogP contribution in [0.1, 0.15) is 59.3 Å². The summed E-state index contributed by atoms with van der Waals surface area (Å²) in [7, 11) is 0. The minimum Gasteiger partial charge on any atom is -0.366 e. The van der Waals surface area contributed by atoms with Gasteiger partial charge in [0, 0.05) is 28.9 Å². The Morgan fingerprint density at radius 3 is 2.69 bits per heavy atom. The number of nitrogens with zero attached hydrogens (tertiary/aromatic N) is 1. The number of aromatic nitrogens is 1. The molecule has 1 aromatic carbocycles. The fraction of sp³-hybridized carbons (Fsp3) is 0.364. The molecule has 0 radical (unpaired) electrons. The summed E-state index contributed by atoms with van der Waals surface area (Å²) in [5.74, 6) is 5.86. The summed E-state index contributed by atoms with van der Waals surface area (Å²) >= 11 is 0. The predicted molar refractivity (Wildman–Crippen MR) is 102 cm³/mol. The number of benzene rings is 1. The van der Waals surface area contributed by atoms with E-state index >= 15 is 0 Å². The van der Waals surface area contributed by atoms with Crippen LogP contribution in [0, 0.1) is 11.8 Å². The van der Waals surface area contributed by atoms with Gasteiger partial charge in [0.15, 0.2) is 0 Å². The van der Waals surface area contributed by atoms with Crippen LogP contribution >= 0.6 is 0 Å². The molecule has 4 rings (SSSR count). The van der Waals surface area contributed by atoms with Gasteiger partial charge in [-0.15, -0.1) is 0 Å². The molecular weight excluding hydrogens is 322 g/mol. The van der Waals surface area contributed by atoms with Gasteiger partial charge in [-0.2, -0.15) is 0 Å². The number of nitrogens with two attached hydrogens (primary N) is 1. The van der Waals surface area contributed by atoms with E-state index < -0.39 is 0 Å². The molecule has 0 spiro atoms. The second-order valence-electron chi connectivity index (χ2n) is 7.43. The first-order valence-corrected chi connectivity index (χ1v) is 9.27. The number of pyridine rings is 1. The van der Waals surface area contributed by atoms with E-state index in [1.807, 2.05) is 36.4 Å². The number of rotatable bonds is 5. The minimum absolute atomic E-state index is 0.123. The third-order valence-electron chi connectivity index (χ3n) is 5.30. The SMILES string of the molecule is NC(=O)c1ccc(C#Cc2ccccn2)cc1CC1(NC2CC2)CCC1. The zero-order valence-corrected chi connectivity index (χ0v) is 14.8. The van der Waals surface area contributed by atoms with E-state index in [1.54, 1.807) is 6.20 Å². The van der Waals surface area contributed by atoms with Gasteiger partial charge in [0.1, 0.15) is 5.69 Å². The van der Waals surface area contributed by atoms with Crippen molar-refractivity contribution in [3.05, 3.63) is 65.0 Å². The number of nitrogens with one attached hydrogen (secondary N) is 1. The van der Waals surface area contributed by atoms with Crippen LogP contribution in [0.3, 0.4) is 0 Å². The standard InChI is InChI=1S/C22H23N3O/c23-21(26)20-10-6-16(5-7-18-4-1-2-13-24-18)14-17(20)15-22(11-3-12-22)25-19-8-9-19/h1-2,4,6,10,13-14,19,25H,3,8-9,11-12,15H2,(H2,23,26). The molecule has 3 N–H and O–H groups in total. The van der Waals surface area contributed by atoms with Crippen LogP contribution in [-0.4, -0.2) is 22.5 Å². The first-order chi connectivity index (χ1) is 12.6. The van der Waals surface area contributed by atoms with Crippen molar-refractivity contribution >= 4 is 5.91 Å². The van der Waals surface area contributed by atoms with Crippen molar-refractivity contribution in [2.75, 3.05) is 0 Å². The number of carbonyl (C=O) groups excluding carboxylic acids is 1. The minimum atomic E-state index is -0.370. The van der Waals surface area contributed by atoms with E-state index in [2.05, 4.69) is 22.1 Å². The molecule has 0 atom stereocenters. The number of amides is 1. The topological polar surface area (TPSA) is 68.0 Å². The average Bonchev–Trinajstić information content (AvgIpc) is 3.43. The van der Waals surface area contributed by atoms with Gasteiger partial charge >= 0.3 is 0 Å². The molecule has 26 heavy (non-hydrogen) atoms. The highest BCUT2D eigenvalue weighted by Crippen LogP contribution is 2.39. The molecule has 4 heteroatoms. The average molecular weight is 345 g/mol. The van der Waals surface area contributed by atoms with Crippen LogP contribution in [0.4, 0.5) is 0 Å². The van der Waals surface area contributed by atoms with E-state index in [1.165, 1.54) is 19.3 Å². The molecular formula is C22H23N3O. The molecule has 1 amide bonds. The maximum absolute atomic E-state index is 11.9. The zero-order valence-electron chi connectivity index (χ0n) is 14.8. The lowest BCUT2D eigenvalue weighted by atomic mass is 9.72. The summed E-state index contributed by atoms with van der Waals surface area (Å²) in [6.45, 7) is 0. The monoisotopic (exact) mass is 345 g/mol. The molecule has 2 aliphatic carbocycles. The Kier molecular flexibility index (Phi) is 4.48. The molecule has 2 aliphatic rings. The molecule has 2 fully saturated rings. The fourth-order valence-corrected chi connectivity index (χ4v) is 3.63. The van der Waals surface area contributed by atoms with Crippen molar-refractivity contribution in [3.63, 3.8) is 0 Å². The van der Waals surface area contributed by atoms with Crippen LogP contribution < -0.4 is 11.1 Å². The van der Waals surface area contributed by atoms with Crippen LogP contribution in [0.15, 0.2) is 42.6 Å². The summed E-state index contributed by atoms with van der Waals surface area (Å²) in [6, 6.07) is 12.0. The van der Waals surface area contributed by atoms with Crippen molar-refractivity contribution in [3.8, 4) is 11.8 Å². The summed E-state index contributed by atoms with van der Waals surface area (Å²) in [4.78, 5) is 16.1. The van der Waals surface area contributed by atoms with Crippen molar-refractivity contribution < 1.29 is 4.79 Å². The van der Waals surface area contributed by atoms with Crippen molar-refractivity contribution in [2.45, 2.75) is 50.1 Å². The van der Waals surface area contributed by atoms with Crippen LogP contribution in [-0.2, 0) is 6.42 Å². The Morgan fingerprint density at radius 2 is 2.08 bits per heavy atom. The molecule has 1 heterocycles. The van der Waals surface area contributed by atoms with Gasteiger partial charge in [-0.1, -0.05) is 12.0 Å². The van der Waals surface area contributed by atoms with E-state index in [0.29, 0.717) is 11.6 Å². The zero-order chi connectivity index (χ0) is 18.0. The van der Waals surface area contributed by atoms with E-state index in [-0.39, 0.29) is 11.4 Å². The molecule has 2 saturated carbocycles. The van der Waals surface area contributed by atoms with Crippen LogP contribution in [0.25, 0.3) is 0 Å². The first kappa shape index (κ1) is 16.8. The maximum Gasteiger partial charge on any atom is 0.248 e. The Hall–Kier alpha value is -2.64. The van der Waals surface area contributed by atoms with Gasteiger partial charge in [0.25, 0.3) is 0 Å². The van der Waals surface area contributed by atoms with Crippen molar-refractivity contribution in [1.82, 2.24) is 10.3 Å². The van der Waals surface area contributed by atoms with Gasteiger partial charge in [-0.05, 0) is 80.3 Å². The number of primary amides is 1. The number of carbonyl (C=O) groups is 1. The highest BCUT2D eigenvalue weighted by atomic mass is 16.1. The molecule has 0 bridgehead atoms. The lowest BCUT2D eigenvalue weighted by Crippen LogP contribution is -2.53. The molecule has 132 valence electrons.